The van der Waals surface area contributed by atoms with Crippen LogP contribution in [0.4, 0.5) is 0 Å². The number of aromatic nitrogens is 2. The molecule has 0 radical (unpaired) electrons. The molecule has 2 heterocycles. The molecule has 0 saturated heterocycles. The Labute approximate surface area is 150 Å². The number of nitrogens with zero attached hydrogens (tertiary/aromatic N) is 2. The zero-order valence-electron chi connectivity index (χ0n) is 12.8. The number of benzene rings is 1. The maximum absolute atomic E-state index is 11.7. The number of halogens is 1. The minimum absolute atomic E-state index is 0.0871. The van der Waals surface area contributed by atoms with Crippen LogP contribution in [0.3, 0.4) is 0 Å². The van der Waals surface area contributed by atoms with Crippen molar-refractivity contribution < 1.29 is 23.2 Å². The van der Waals surface area contributed by atoms with Gasteiger partial charge >= 0.3 is 5.97 Å². The first kappa shape index (κ1) is 16.9. The van der Waals surface area contributed by atoms with Gasteiger partial charge in [0, 0.05) is 5.56 Å². The number of amides is 1. The van der Waals surface area contributed by atoms with Gasteiger partial charge in [-0.25, -0.2) is 0 Å². The molecule has 9 heteroatoms. The molecule has 0 fully saturated rings. The van der Waals surface area contributed by atoms with Crippen LogP contribution in [-0.4, -0.2) is 28.6 Å². The Balaban J connectivity index is 1.46. The number of esters is 1. The lowest BCUT2D eigenvalue weighted by atomic mass is 10.2. The van der Waals surface area contributed by atoms with Gasteiger partial charge in [0.25, 0.3) is 11.8 Å². The summed E-state index contributed by atoms with van der Waals surface area (Å²) in [5.74, 6) is -0.578. The zero-order chi connectivity index (χ0) is 17.6. The van der Waals surface area contributed by atoms with Gasteiger partial charge in [-0.2, -0.15) is 0 Å². The standard InChI is InChI=1S/C16H12BrN3O5/c17-12-7-6-11(24-12)15(22)18-8-14(21)23-9-13-19-20-16(25-13)10-4-2-1-3-5-10/h1-7H,8-9H2,(H,18,22). The van der Waals surface area contributed by atoms with Gasteiger partial charge in [-0.15, -0.1) is 10.2 Å². The number of rotatable bonds is 6. The zero-order valence-corrected chi connectivity index (χ0v) is 14.4. The normalized spacial score (nSPS) is 10.4. The molecule has 1 N–H and O–H groups in total. The second-order valence-electron chi connectivity index (χ2n) is 4.81. The van der Waals surface area contributed by atoms with Gasteiger partial charge in [0.2, 0.25) is 5.89 Å². The summed E-state index contributed by atoms with van der Waals surface area (Å²) in [5.41, 5.74) is 0.768. The van der Waals surface area contributed by atoms with Crippen LogP contribution in [0.25, 0.3) is 11.5 Å². The molecule has 2 aromatic heterocycles. The summed E-state index contributed by atoms with van der Waals surface area (Å²) in [6.07, 6.45) is 0. The van der Waals surface area contributed by atoms with E-state index in [9.17, 15) is 9.59 Å². The molecule has 25 heavy (non-hydrogen) atoms. The lowest BCUT2D eigenvalue weighted by Crippen LogP contribution is -2.30. The third kappa shape index (κ3) is 4.54. The molecule has 1 aromatic carbocycles. The van der Waals surface area contributed by atoms with Crippen molar-refractivity contribution in [2.45, 2.75) is 6.61 Å². The number of hydrogen-bond acceptors (Lipinski definition) is 7. The van der Waals surface area contributed by atoms with Crippen molar-refractivity contribution in [2.24, 2.45) is 0 Å². The van der Waals surface area contributed by atoms with E-state index in [-0.39, 0.29) is 24.8 Å². The third-order valence-corrected chi connectivity index (χ3v) is 3.46. The van der Waals surface area contributed by atoms with Gasteiger partial charge in [-0.1, -0.05) is 18.2 Å². The molecule has 3 rings (SSSR count). The summed E-state index contributed by atoms with van der Waals surface area (Å²) >= 11 is 3.09. The predicted molar refractivity (Wildman–Crippen MR) is 88.3 cm³/mol. The molecular formula is C16H12BrN3O5. The van der Waals surface area contributed by atoms with Crippen molar-refractivity contribution >= 4 is 27.8 Å². The molecule has 8 nitrogen and oxygen atoms in total. The summed E-state index contributed by atoms with van der Waals surface area (Å²) in [5, 5.41) is 10.1. The summed E-state index contributed by atoms with van der Waals surface area (Å²) in [6.45, 7) is -0.488. The van der Waals surface area contributed by atoms with Gasteiger partial charge < -0.3 is 18.9 Å². The molecule has 0 aliphatic heterocycles. The van der Waals surface area contributed by atoms with E-state index in [1.165, 1.54) is 6.07 Å². The predicted octanol–water partition coefficient (Wildman–Crippen LogP) is 2.57. The number of hydrogen-bond donors (Lipinski definition) is 1. The number of nitrogens with one attached hydrogen (secondary N) is 1. The van der Waals surface area contributed by atoms with Gasteiger partial charge in [0.15, 0.2) is 17.0 Å². The third-order valence-electron chi connectivity index (χ3n) is 3.03. The molecular weight excluding hydrogens is 394 g/mol. The average Bonchev–Trinajstić information content (AvgIpc) is 3.28. The summed E-state index contributed by atoms with van der Waals surface area (Å²) < 4.78 is 15.9. The van der Waals surface area contributed by atoms with Gasteiger partial charge in [0.1, 0.15) is 6.54 Å². The Morgan fingerprint density at radius 3 is 2.60 bits per heavy atom. The topological polar surface area (TPSA) is 107 Å². The Morgan fingerprint density at radius 1 is 1.08 bits per heavy atom. The Bertz CT molecular complexity index is 875. The fourth-order valence-electron chi connectivity index (χ4n) is 1.88. The quantitative estimate of drug-likeness (QED) is 0.627. The van der Waals surface area contributed by atoms with Crippen molar-refractivity contribution in [1.82, 2.24) is 15.5 Å². The van der Waals surface area contributed by atoms with Gasteiger partial charge in [-0.3, -0.25) is 9.59 Å². The SMILES string of the molecule is O=C(CNC(=O)c1ccc(Br)o1)OCc1nnc(-c2ccccc2)o1. The second kappa shape index (κ2) is 7.75. The van der Waals surface area contributed by atoms with E-state index in [0.717, 1.165) is 5.56 Å². The van der Waals surface area contributed by atoms with E-state index >= 15 is 0 Å². The maximum Gasteiger partial charge on any atom is 0.325 e. The average molecular weight is 406 g/mol. The Morgan fingerprint density at radius 2 is 1.88 bits per heavy atom. The van der Waals surface area contributed by atoms with E-state index in [1.54, 1.807) is 6.07 Å². The molecule has 0 aliphatic rings. The fourth-order valence-corrected chi connectivity index (χ4v) is 2.19. The molecule has 1 amide bonds. The number of carbonyl (C=O) groups excluding carboxylic acids is 2. The van der Waals surface area contributed by atoms with Crippen LogP contribution in [0.2, 0.25) is 0 Å². The number of carbonyl (C=O) groups is 2. The molecule has 3 aromatic rings. The smallest absolute Gasteiger partial charge is 0.325 e. The highest BCUT2D eigenvalue weighted by Crippen LogP contribution is 2.17. The van der Waals surface area contributed by atoms with Crippen LogP contribution >= 0.6 is 15.9 Å². The van der Waals surface area contributed by atoms with Crippen LogP contribution in [0.1, 0.15) is 16.4 Å². The maximum atomic E-state index is 11.7. The van der Waals surface area contributed by atoms with E-state index in [4.69, 9.17) is 13.6 Å². The first-order chi connectivity index (χ1) is 12.1. The number of ether oxygens (including phenoxy) is 1. The van der Waals surface area contributed by atoms with Crippen LogP contribution < -0.4 is 5.32 Å². The van der Waals surface area contributed by atoms with Gasteiger partial charge in [-0.05, 0) is 40.2 Å². The van der Waals surface area contributed by atoms with Crippen LogP contribution in [0.5, 0.6) is 0 Å². The molecule has 0 atom stereocenters. The summed E-state index contributed by atoms with van der Waals surface area (Å²) in [6, 6.07) is 12.3. The molecule has 0 unspecified atom stereocenters. The summed E-state index contributed by atoms with van der Waals surface area (Å²) in [4.78, 5) is 23.4. The second-order valence-corrected chi connectivity index (χ2v) is 5.60. The number of furan rings is 1. The molecule has 0 spiro atoms. The van der Waals surface area contributed by atoms with Crippen molar-refractivity contribution in [3.05, 3.63) is 58.8 Å². The van der Waals surface area contributed by atoms with E-state index < -0.39 is 11.9 Å². The molecule has 0 saturated carbocycles. The minimum atomic E-state index is -0.640. The van der Waals surface area contributed by atoms with Crippen molar-refractivity contribution in [3.8, 4) is 11.5 Å². The van der Waals surface area contributed by atoms with E-state index in [1.807, 2.05) is 30.3 Å². The van der Waals surface area contributed by atoms with Gasteiger partial charge in [0.05, 0.1) is 0 Å². The van der Waals surface area contributed by atoms with E-state index in [2.05, 4.69) is 31.4 Å². The molecule has 0 bridgehead atoms. The van der Waals surface area contributed by atoms with Crippen LogP contribution in [-0.2, 0) is 16.1 Å². The van der Waals surface area contributed by atoms with E-state index in [0.29, 0.717) is 10.6 Å². The monoisotopic (exact) mass is 405 g/mol. The first-order valence-electron chi connectivity index (χ1n) is 7.19. The lowest BCUT2D eigenvalue weighted by molar-refractivity contribution is -0.144. The Hall–Kier alpha value is -2.94. The largest absolute Gasteiger partial charge is 0.454 e. The minimum Gasteiger partial charge on any atom is -0.454 e. The Kier molecular flexibility index (Phi) is 5.24. The van der Waals surface area contributed by atoms with Crippen molar-refractivity contribution in [2.75, 3.05) is 6.54 Å². The molecule has 128 valence electrons. The fraction of sp³-hybridized carbons (Fsp3) is 0.125. The highest BCUT2D eigenvalue weighted by atomic mass is 79.9. The molecule has 0 aliphatic carbocycles. The first-order valence-corrected chi connectivity index (χ1v) is 7.98. The van der Waals surface area contributed by atoms with Crippen LogP contribution in [0.15, 0.2) is 56.0 Å². The lowest BCUT2D eigenvalue weighted by Gasteiger charge is -2.03. The highest BCUT2D eigenvalue weighted by molar-refractivity contribution is 9.10. The van der Waals surface area contributed by atoms with Crippen LogP contribution in [0, 0.1) is 0 Å². The van der Waals surface area contributed by atoms with Crippen molar-refractivity contribution in [1.29, 1.82) is 0 Å². The highest BCUT2D eigenvalue weighted by Gasteiger charge is 2.14. The van der Waals surface area contributed by atoms with Crippen molar-refractivity contribution in [3.63, 3.8) is 0 Å². The summed E-state index contributed by atoms with van der Waals surface area (Å²) in [7, 11) is 0.